The zero-order chi connectivity index (χ0) is 22.2. The van der Waals surface area contributed by atoms with Gasteiger partial charge in [0, 0.05) is 0 Å². The highest BCUT2D eigenvalue weighted by atomic mass is 16.5. The monoisotopic (exact) mass is 414 g/mol. The molecule has 31 heavy (non-hydrogen) atoms. The van der Waals surface area contributed by atoms with E-state index >= 15 is 0 Å². The molecular weight excluding hydrogens is 380 g/mol. The maximum absolute atomic E-state index is 12.5. The lowest BCUT2D eigenvalue weighted by Gasteiger charge is -2.10. The number of carbonyl (C=O) groups excluding carboxylic acids is 1. The summed E-state index contributed by atoms with van der Waals surface area (Å²) in [5.41, 5.74) is 5.45. The first kappa shape index (κ1) is 22.8. The fourth-order valence-corrected chi connectivity index (χ4v) is 3.58. The van der Waals surface area contributed by atoms with Crippen LogP contribution in [0.3, 0.4) is 0 Å². The van der Waals surface area contributed by atoms with E-state index < -0.39 is 0 Å². The molecule has 2 heteroatoms. The van der Waals surface area contributed by atoms with Crippen molar-refractivity contribution < 1.29 is 9.53 Å². The molecule has 0 fully saturated rings. The molecule has 0 saturated heterocycles. The van der Waals surface area contributed by atoms with Crippen LogP contribution in [0.15, 0.2) is 72.8 Å². The van der Waals surface area contributed by atoms with Gasteiger partial charge in [-0.25, -0.2) is 4.79 Å². The summed E-state index contributed by atoms with van der Waals surface area (Å²) in [4.78, 5) is 12.5. The molecule has 0 saturated carbocycles. The van der Waals surface area contributed by atoms with Crippen LogP contribution in [0.25, 0.3) is 11.1 Å². The second-order valence-corrected chi connectivity index (χ2v) is 8.74. The Morgan fingerprint density at radius 3 is 1.55 bits per heavy atom. The maximum Gasteiger partial charge on any atom is 0.343 e. The third-order valence-electron chi connectivity index (χ3n) is 6.10. The molecular formula is C29H34O2. The van der Waals surface area contributed by atoms with Gasteiger partial charge in [0.05, 0.1) is 5.56 Å². The maximum atomic E-state index is 12.5. The molecule has 0 aliphatic carbocycles. The summed E-state index contributed by atoms with van der Waals surface area (Å²) in [6, 6.07) is 24.2. The first-order chi connectivity index (χ1) is 15.0. The Morgan fingerprint density at radius 2 is 1.10 bits per heavy atom. The molecule has 0 aliphatic heterocycles. The fraction of sp³-hybridized carbons (Fsp3) is 0.345. The number of hydrogen-bond acceptors (Lipinski definition) is 2. The molecule has 2 atom stereocenters. The van der Waals surface area contributed by atoms with E-state index in [1.54, 1.807) is 0 Å². The van der Waals surface area contributed by atoms with Crippen LogP contribution in [0.1, 0.15) is 62.0 Å². The van der Waals surface area contributed by atoms with Crippen molar-refractivity contribution >= 4 is 5.97 Å². The van der Waals surface area contributed by atoms with Gasteiger partial charge in [0.2, 0.25) is 0 Å². The summed E-state index contributed by atoms with van der Waals surface area (Å²) in [7, 11) is 0. The van der Waals surface area contributed by atoms with Crippen molar-refractivity contribution in [3.63, 3.8) is 0 Å². The van der Waals surface area contributed by atoms with Crippen molar-refractivity contribution in [1.29, 1.82) is 0 Å². The molecule has 0 unspecified atom stereocenters. The van der Waals surface area contributed by atoms with Crippen LogP contribution in [-0.4, -0.2) is 5.97 Å². The van der Waals surface area contributed by atoms with Crippen LogP contribution < -0.4 is 4.74 Å². The lowest BCUT2D eigenvalue weighted by atomic mass is 9.96. The van der Waals surface area contributed by atoms with Gasteiger partial charge in [0.25, 0.3) is 0 Å². The van der Waals surface area contributed by atoms with E-state index in [0.29, 0.717) is 23.1 Å². The third kappa shape index (κ3) is 6.55. The van der Waals surface area contributed by atoms with E-state index in [2.05, 4.69) is 52.0 Å². The normalized spacial score (nSPS) is 12.9. The number of hydrogen-bond donors (Lipinski definition) is 0. The molecule has 0 bridgehead atoms. The van der Waals surface area contributed by atoms with Crippen LogP contribution >= 0.6 is 0 Å². The molecule has 0 N–H and O–H groups in total. The Kier molecular flexibility index (Phi) is 8.06. The molecule has 0 aliphatic rings. The zero-order valence-electron chi connectivity index (χ0n) is 19.2. The van der Waals surface area contributed by atoms with Crippen LogP contribution in [0.2, 0.25) is 0 Å². The van der Waals surface area contributed by atoms with Gasteiger partial charge in [-0.2, -0.15) is 0 Å². The lowest BCUT2D eigenvalue weighted by Crippen LogP contribution is -2.08. The summed E-state index contributed by atoms with van der Waals surface area (Å²) < 4.78 is 5.56. The van der Waals surface area contributed by atoms with Gasteiger partial charge >= 0.3 is 5.97 Å². The van der Waals surface area contributed by atoms with Crippen molar-refractivity contribution in [2.75, 3.05) is 0 Å². The van der Waals surface area contributed by atoms with E-state index in [1.165, 1.54) is 17.5 Å². The summed E-state index contributed by atoms with van der Waals surface area (Å²) in [6.07, 6.45) is 4.52. The number of esters is 1. The van der Waals surface area contributed by atoms with Crippen molar-refractivity contribution in [2.24, 2.45) is 11.8 Å². The minimum Gasteiger partial charge on any atom is -0.423 e. The van der Waals surface area contributed by atoms with Crippen molar-refractivity contribution in [3.8, 4) is 16.9 Å². The van der Waals surface area contributed by atoms with Crippen molar-refractivity contribution in [3.05, 3.63) is 89.5 Å². The molecule has 3 rings (SSSR count). The van der Waals surface area contributed by atoms with E-state index in [0.717, 1.165) is 30.4 Å². The summed E-state index contributed by atoms with van der Waals surface area (Å²) in [5, 5.41) is 0. The molecule has 3 aromatic rings. The Hall–Kier alpha value is -2.87. The fourth-order valence-electron chi connectivity index (χ4n) is 3.58. The van der Waals surface area contributed by atoms with Gasteiger partial charge in [0.1, 0.15) is 5.75 Å². The summed E-state index contributed by atoms with van der Waals surface area (Å²) in [6.45, 7) is 8.97. The molecule has 0 heterocycles. The minimum absolute atomic E-state index is 0.329. The van der Waals surface area contributed by atoms with Gasteiger partial charge in [-0.05, 0) is 71.2 Å². The summed E-state index contributed by atoms with van der Waals surface area (Å²) >= 11 is 0. The van der Waals surface area contributed by atoms with Gasteiger partial charge in [-0.3, -0.25) is 0 Å². The Morgan fingerprint density at radius 1 is 0.677 bits per heavy atom. The van der Waals surface area contributed by atoms with E-state index in [-0.39, 0.29) is 5.97 Å². The van der Waals surface area contributed by atoms with Crippen LogP contribution in [0, 0.1) is 11.8 Å². The highest BCUT2D eigenvalue weighted by molar-refractivity contribution is 5.91. The Balaban J connectivity index is 1.61. The van der Waals surface area contributed by atoms with Gasteiger partial charge in [-0.1, -0.05) is 89.1 Å². The molecule has 0 aromatic heterocycles. The second kappa shape index (κ2) is 10.9. The van der Waals surface area contributed by atoms with Crippen LogP contribution in [0.4, 0.5) is 0 Å². The number of ether oxygens (including phenoxy) is 1. The van der Waals surface area contributed by atoms with Gasteiger partial charge < -0.3 is 4.74 Å². The van der Waals surface area contributed by atoms with Crippen molar-refractivity contribution in [1.82, 2.24) is 0 Å². The highest BCUT2D eigenvalue weighted by Gasteiger charge is 2.10. The molecule has 0 spiro atoms. The molecule has 2 nitrogen and oxygen atoms in total. The highest BCUT2D eigenvalue weighted by Crippen LogP contribution is 2.23. The quantitative estimate of drug-likeness (QED) is 0.264. The smallest absolute Gasteiger partial charge is 0.343 e. The second-order valence-electron chi connectivity index (χ2n) is 8.74. The lowest BCUT2D eigenvalue weighted by molar-refractivity contribution is 0.0734. The average Bonchev–Trinajstić information content (AvgIpc) is 2.80. The van der Waals surface area contributed by atoms with Crippen LogP contribution in [0.5, 0.6) is 5.75 Å². The predicted molar refractivity (Wildman–Crippen MR) is 130 cm³/mol. The molecule has 162 valence electrons. The van der Waals surface area contributed by atoms with E-state index in [1.807, 2.05) is 48.5 Å². The number of rotatable bonds is 9. The first-order valence-corrected chi connectivity index (χ1v) is 11.5. The number of carbonyl (C=O) groups is 1. The molecule has 0 amide bonds. The van der Waals surface area contributed by atoms with Crippen molar-refractivity contribution in [2.45, 2.75) is 53.4 Å². The van der Waals surface area contributed by atoms with E-state index in [4.69, 9.17) is 4.74 Å². The Bertz CT molecular complexity index is 953. The standard InChI is InChI=1S/C29H34O2/c1-5-21(3)19-23-7-11-25(12-8-23)26-13-15-27(16-14-26)29(30)31-28-17-9-24(10-18-28)20-22(4)6-2/h7-18,21-22H,5-6,19-20H2,1-4H3/t21-,22+/m0/s1. The van der Waals surface area contributed by atoms with Gasteiger partial charge in [0.15, 0.2) is 0 Å². The minimum atomic E-state index is -0.329. The average molecular weight is 415 g/mol. The molecule has 3 aromatic carbocycles. The zero-order valence-corrected chi connectivity index (χ0v) is 19.2. The largest absolute Gasteiger partial charge is 0.423 e. The topological polar surface area (TPSA) is 26.3 Å². The Labute approximate surface area is 187 Å². The predicted octanol–water partition coefficient (Wildman–Crippen LogP) is 7.75. The SMILES string of the molecule is CC[C@@H](C)Cc1ccc(OC(=O)c2ccc(-c3ccc(C[C@@H](C)CC)cc3)cc2)cc1. The van der Waals surface area contributed by atoms with E-state index in [9.17, 15) is 4.79 Å². The number of benzene rings is 3. The third-order valence-corrected chi connectivity index (χ3v) is 6.10. The van der Waals surface area contributed by atoms with Gasteiger partial charge in [-0.15, -0.1) is 0 Å². The summed E-state index contributed by atoms with van der Waals surface area (Å²) in [5.74, 6) is 1.61. The molecule has 0 radical (unpaired) electrons. The first-order valence-electron chi connectivity index (χ1n) is 11.5. The van der Waals surface area contributed by atoms with Crippen LogP contribution in [-0.2, 0) is 12.8 Å².